The summed E-state index contributed by atoms with van der Waals surface area (Å²) in [4.78, 5) is 45.7. The van der Waals surface area contributed by atoms with Crippen molar-refractivity contribution in [3.8, 4) is 0 Å². The number of aliphatic hydroxyl groups is 1. The van der Waals surface area contributed by atoms with Crippen LogP contribution < -0.4 is 5.32 Å². The summed E-state index contributed by atoms with van der Waals surface area (Å²) in [6.07, 6.45) is 42.3. The lowest BCUT2D eigenvalue weighted by molar-refractivity contribution is -0.147. The minimum atomic E-state index is -4.76. The Kier molecular flexibility index (Phi) is 34.8. The number of carbonyl (C=O) groups is 3. The van der Waals surface area contributed by atoms with Gasteiger partial charge in [-0.2, -0.15) is 0 Å². The van der Waals surface area contributed by atoms with Crippen LogP contribution >= 0.6 is 7.82 Å². The molecule has 54 heavy (non-hydrogen) atoms. The van der Waals surface area contributed by atoms with E-state index >= 15 is 0 Å². The fraction of sp³-hybridized carbons (Fsp3) is 0.643. The first kappa shape index (κ1) is 50.9. The number of carboxylic acids is 1. The van der Waals surface area contributed by atoms with Crippen LogP contribution in [0.3, 0.4) is 0 Å². The molecule has 0 rings (SSSR count). The second-order valence-corrected chi connectivity index (χ2v) is 14.5. The third-order valence-electron chi connectivity index (χ3n) is 8.01. The lowest BCUT2D eigenvalue weighted by Crippen LogP contribution is -2.43. The van der Waals surface area contributed by atoms with Gasteiger partial charge in [-0.3, -0.25) is 18.6 Å². The van der Waals surface area contributed by atoms with Crippen molar-refractivity contribution in [2.45, 2.75) is 154 Å². The maximum absolute atomic E-state index is 12.3. The first-order valence-corrected chi connectivity index (χ1v) is 21.5. The van der Waals surface area contributed by atoms with Crippen LogP contribution in [0.2, 0.25) is 0 Å². The van der Waals surface area contributed by atoms with Gasteiger partial charge in [-0.1, -0.05) is 138 Å². The standard InChI is InChI=1S/C42H70NO10P/c1-3-5-7-9-11-13-14-15-16-17-18-19-20-21-22-23-24-26-27-29-31-33-40(45)43-39(42(47)48)37-53-54(49,50)52-36-38(44)35-51-41(46)34-32-30-28-25-12-10-8-6-4-2/h5,7,11,13,15-16,18-19,21-22,24,26,38-39,44H,3-4,6,8-10,12,14,17,20,23,25,27-37H2,1-2H3,(H,43,45)(H,47,48)(H,49,50)/b7-5-,13-11-,16-15-,19-18-,22-21-,26-24-. The van der Waals surface area contributed by atoms with Gasteiger partial charge >= 0.3 is 19.8 Å². The second kappa shape index (κ2) is 36.9. The molecule has 12 heteroatoms. The highest BCUT2D eigenvalue weighted by Gasteiger charge is 2.28. The minimum Gasteiger partial charge on any atom is -0.480 e. The van der Waals surface area contributed by atoms with E-state index in [-0.39, 0.29) is 12.8 Å². The van der Waals surface area contributed by atoms with Crippen LogP contribution in [0.15, 0.2) is 72.9 Å². The summed E-state index contributed by atoms with van der Waals surface area (Å²) in [7, 11) is -4.76. The van der Waals surface area contributed by atoms with Crippen LogP contribution in [0, 0.1) is 0 Å². The average molecular weight is 780 g/mol. The van der Waals surface area contributed by atoms with Crippen molar-refractivity contribution < 1.29 is 47.8 Å². The molecule has 0 spiro atoms. The van der Waals surface area contributed by atoms with Crippen molar-refractivity contribution >= 4 is 25.7 Å². The Morgan fingerprint density at radius 3 is 1.59 bits per heavy atom. The van der Waals surface area contributed by atoms with Gasteiger partial charge in [0, 0.05) is 12.8 Å². The molecule has 0 fully saturated rings. The number of aliphatic hydroxyl groups excluding tert-OH is 1. The number of carboxylic acid groups (broad SMARTS) is 1. The number of carbonyl (C=O) groups excluding carboxylic acids is 2. The Hall–Kier alpha value is -3.08. The Balaban J connectivity index is 4.06. The topological polar surface area (TPSA) is 169 Å². The fourth-order valence-corrected chi connectivity index (χ4v) is 5.68. The van der Waals surface area contributed by atoms with Crippen molar-refractivity contribution in [1.82, 2.24) is 5.32 Å². The summed E-state index contributed by atoms with van der Waals surface area (Å²) in [5.74, 6) is -2.45. The molecule has 308 valence electrons. The molecule has 0 aliphatic heterocycles. The molecule has 0 bridgehead atoms. The number of esters is 1. The minimum absolute atomic E-state index is 0.0870. The van der Waals surface area contributed by atoms with Crippen molar-refractivity contribution in [2.24, 2.45) is 0 Å². The lowest BCUT2D eigenvalue weighted by atomic mass is 10.1. The van der Waals surface area contributed by atoms with Gasteiger partial charge in [0.1, 0.15) is 12.7 Å². The largest absolute Gasteiger partial charge is 0.480 e. The number of phosphoric ester groups is 1. The molecule has 4 N–H and O–H groups in total. The van der Waals surface area contributed by atoms with Crippen LogP contribution in [0.5, 0.6) is 0 Å². The van der Waals surface area contributed by atoms with Crippen LogP contribution in [0.4, 0.5) is 0 Å². The average Bonchev–Trinajstić information content (AvgIpc) is 3.14. The number of hydrogen-bond donors (Lipinski definition) is 4. The molecule has 11 nitrogen and oxygen atoms in total. The number of allylic oxidation sites excluding steroid dienone is 12. The molecule has 0 aromatic carbocycles. The number of nitrogens with one attached hydrogen (secondary N) is 1. The van der Waals surface area contributed by atoms with E-state index in [0.717, 1.165) is 70.6 Å². The van der Waals surface area contributed by atoms with Gasteiger partial charge in [0.25, 0.3) is 0 Å². The molecule has 0 saturated carbocycles. The van der Waals surface area contributed by atoms with Crippen molar-refractivity contribution in [3.05, 3.63) is 72.9 Å². The Morgan fingerprint density at radius 1 is 0.611 bits per heavy atom. The zero-order chi connectivity index (χ0) is 40.0. The summed E-state index contributed by atoms with van der Waals surface area (Å²) in [5, 5.41) is 21.7. The molecule has 3 unspecified atom stereocenters. The first-order valence-electron chi connectivity index (χ1n) is 20.0. The van der Waals surface area contributed by atoms with Gasteiger partial charge in [0.05, 0.1) is 13.2 Å². The number of phosphoric acid groups is 1. The highest BCUT2D eigenvalue weighted by atomic mass is 31.2. The van der Waals surface area contributed by atoms with E-state index in [1.54, 1.807) is 0 Å². The summed E-state index contributed by atoms with van der Waals surface area (Å²) in [5.41, 5.74) is 0. The monoisotopic (exact) mass is 779 g/mol. The quantitative estimate of drug-likeness (QED) is 0.0208. The number of hydrogen-bond acceptors (Lipinski definition) is 8. The Morgan fingerprint density at radius 2 is 1.07 bits per heavy atom. The normalized spacial score (nSPS) is 14.6. The molecule has 0 heterocycles. The van der Waals surface area contributed by atoms with Crippen molar-refractivity contribution in [1.29, 1.82) is 0 Å². The van der Waals surface area contributed by atoms with Crippen molar-refractivity contribution in [2.75, 3.05) is 19.8 Å². The Labute approximate surface area is 325 Å². The molecule has 0 radical (unpaired) electrons. The molecule has 0 aromatic heterocycles. The van der Waals surface area contributed by atoms with E-state index in [4.69, 9.17) is 13.8 Å². The van der Waals surface area contributed by atoms with E-state index in [2.05, 4.69) is 86.0 Å². The van der Waals surface area contributed by atoms with Gasteiger partial charge in [-0.15, -0.1) is 0 Å². The van der Waals surface area contributed by atoms with Crippen LogP contribution in [-0.4, -0.2) is 64.9 Å². The summed E-state index contributed by atoms with van der Waals surface area (Å²) in [6, 6.07) is -1.57. The molecule has 1 amide bonds. The molecule has 0 aromatic rings. The molecule has 3 atom stereocenters. The summed E-state index contributed by atoms with van der Waals surface area (Å²) >= 11 is 0. The summed E-state index contributed by atoms with van der Waals surface area (Å²) < 4.78 is 26.7. The third kappa shape index (κ3) is 35.9. The second-order valence-electron chi connectivity index (χ2n) is 13.1. The van der Waals surface area contributed by atoms with Gasteiger partial charge in [0.15, 0.2) is 6.04 Å². The lowest BCUT2D eigenvalue weighted by Gasteiger charge is -2.18. The number of unbranched alkanes of at least 4 members (excludes halogenated alkanes) is 10. The zero-order valence-corrected chi connectivity index (χ0v) is 33.9. The fourth-order valence-electron chi connectivity index (χ4n) is 4.90. The molecule has 0 aliphatic rings. The smallest absolute Gasteiger partial charge is 0.472 e. The molecular formula is C42H70NO10P. The van der Waals surface area contributed by atoms with Crippen molar-refractivity contribution in [3.63, 3.8) is 0 Å². The van der Waals surface area contributed by atoms with E-state index in [1.165, 1.54) is 32.1 Å². The van der Waals surface area contributed by atoms with Crippen LogP contribution in [-0.2, 0) is 32.7 Å². The van der Waals surface area contributed by atoms with E-state index in [9.17, 15) is 34.1 Å². The highest BCUT2D eigenvalue weighted by Crippen LogP contribution is 2.43. The Bertz CT molecular complexity index is 1190. The van der Waals surface area contributed by atoms with Gasteiger partial charge in [-0.25, -0.2) is 9.36 Å². The van der Waals surface area contributed by atoms with Gasteiger partial charge in [0.2, 0.25) is 5.91 Å². The third-order valence-corrected chi connectivity index (χ3v) is 8.96. The molecule has 0 saturated heterocycles. The van der Waals surface area contributed by atoms with E-state index < -0.39 is 57.6 Å². The maximum Gasteiger partial charge on any atom is 0.472 e. The van der Waals surface area contributed by atoms with Gasteiger partial charge in [-0.05, 0) is 64.2 Å². The van der Waals surface area contributed by atoms with Crippen LogP contribution in [0.25, 0.3) is 0 Å². The van der Waals surface area contributed by atoms with E-state index in [1.807, 2.05) is 6.08 Å². The van der Waals surface area contributed by atoms with Gasteiger partial charge < -0.3 is 25.2 Å². The number of amides is 1. The van der Waals surface area contributed by atoms with Crippen LogP contribution in [0.1, 0.15) is 142 Å². The zero-order valence-electron chi connectivity index (χ0n) is 33.0. The predicted octanol–water partition coefficient (Wildman–Crippen LogP) is 9.77. The number of rotatable bonds is 36. The van der Waals surface area contributed by atoms with E-state index in [0.29, 0.717) is 12.8 Å². The summed E-state index contributed by atoms with van der Waals surface area (Å²) in [6.45, 7) is 2.39. The number of aliphatic carboxylic acids is 1. The molecular weight excluding hydrogens is 709 g/mol. The highest BCUT2D eigenvalue weighted by molar-refractivity contribution is 7.47. The predicted molar refractivity (Wildman–Crippen MR) is 217 cm³/mol. The molecule has 0 aliphatic carbocycles. The number of ether oxygens (including phenoxy) is 1. The maximum atomic E-state index is 12.3. The first-order chi connectivity index (χ1) is 26.1. The SMILES string of the molecule is CC/C=C\C/C=C\C/C=C\C/C=C\C/C=C\C/C=C\CCCCC(=O)NC(COP(=O)(O)OCC(O)COC(=O)CCCCCCCCCCC)C(=O)O.